The van der Waals surface area contributed by atoms with Crippen LogP contribution in [0, 0.1) is 0 Å². The van der Waals surface area contributed by atoms with Gasteiger partial charge in [-0.3, -0.25) is 4.79 Å². The topological polar surface area (TPSA) is 56.3 Å². The molecule has 0 aromatic carbocycles. The molecule has 0 bridgehead atoms. The molecule has 0 atom stereocenters. The van der Waals surface area contributed by atoms with Crippen LogP contribution in [0.4, 0.5) is 0 Å². The van der Waals surface area contributed by atoms with E-state index in [1.54, 1.807) is 0 Å². The number of aryl methyl sites for hydroxylation is 1. The van der Waals surface area contributed by atoms with Gasteiger partial charge in [0.15, 0.2) is 0 Å². The van der Waals surface area contributed by atoms with Gasteiger partial charge < -0.3 is 15.0 Å². The van der Waals surface area contributed by atoms with Crippen LogP contribution in [0.15, 0.2) is 18.5 Å². The van der Waals surface area contributed by atoms with Crippen molar-refractivity contribution in [3.63, 3.8) is 0 Å². The van der Waals surface area contributed by atoms with Gasteiger partial charge in [-0.05, 0) is 43.7 Å². The molecule has 1 aliphatic carbocycles. The number of hydrogen-bond donors (Lipinski definition) is 2. The first kappa shape index (κ1) is 13.1. The van der Waals surface area contributed by atoms with Crippen LogP contribution in [0.5, 0.6) is 0 Å². The zero-order valence-electron chi connectivity index (χ0n) is 10.9. The number of aliphatic hydroxyl groups is 1. The van der Waals surface area contributed by atoms with Crippen LogP contribution in [0.2, 0.25) is 0 Å². The molecular formula is C14H22N2O2. The van der Waals surface area contributed by atoms with Crippen molar-refractivity contribution < 1.29 is 9.90 Å². The highest BCUT2D eigenvalue weighted by Gasteiger charge is 2.25. The first-order valence-electron chi connectivity index (χ1n) is 6.72. The Kier molecular flexibility index (Phi) is 4.42. The maximum absolute atomic E-state index is 12.1. The average molecular weight is 250 g/mol. The van der Waals surface area contributed by atoms with Gasteiger partial charge in [0.2, 0.25) is 5.91 Å². The Balaban J connectivity index is 1.77. The Bertz CT molecular complexity index is 367. The number of aliphatic hydroxyl groups excluding tert-OH is 1. The van der Waals surface area contributed by atoms with Crippen LogP contribution in [0.3, 0.4) is 0 Å². The Morgan fingerprint density at radius 3 is 2.78 bits per heavy atom. The summed E-state index contributed by atoms with van der Waals surface area (Å²) in [6, 6.07) is 2.32. The van der Waals surface area contributed by atoms with Crippen molar-refractivity contribution in [2.75, 3.05) is 7.05 Å². The summed E-state index contributed by atoms with van der Waals surface area (Å²) < 4.78 is 0. The standard InChI is InChI=1S/C14H22N2O2/c1-16(12-3-5-13(17)6-4-12)14(18)7-2-11-8-9-15-10-11/h8-10,12-13,15,17H,2-7H2,1H3. The number of carbonyl (C=O) groups excluding carboxylic acids is 1. The molecule has 1 heterocycles. The van der Waals surface area contributed by atoms with E-state index in [1.165, 1.54) is 5.56 Å². The van der Waals surface area contributed by atoms with Crippen molar-refractivity contribution in [2.24, 2.45) is 0 Å². The number of H-pyrrole nitrogens is 1. The lowest BCUT2D eigenvalue weighted by molar-refractivity contribution is -0.133. The lowest BCUT2D eigenvalue weighted by Crippen LogP contribution is -2.40. The van der Waals surface area contributed by atoms with E-state index in [0.29, 0.717) is 12.5 Å². The van der Waals surface area contributed by atoms with Gasteiger partial charge in [0.05, 0.1) is 6.10 Å². The van der Waals surface area contributed by atoms with E-state index >= 15 is 0 Å². The van der Waals surface area contributed by atoms with Crippen molar-refractivity contribution in [3.8, 4) is 0 Å². The summed E-state index contributed by atoms with van der Waals surface area (Å²) in [6.45, 7) is 0. The molecular weight excluding hydrogens is 228 g/mol. The molecule has 100 valence electrons. The minimum absolute atomic E-state index is 0.162. The molecule has 0 radical (unpaired) electrons. The average Bonchev–Trinajstić information content (AvgIpc) is 2.89. The molecule has 1 fully saturated rings. The third-order valence-electron chi connectivity index (χ3n) is 3.90. The van der Waals surface area contributed by atoms with Gasteiger partial charge in [-0.15, -0.1) is 0 Å². The minimum atomic E-state index is -0.162. The second kappa shape index (κ2) is 6.05. The molecule has 0 unspecified atom stereocenters. The lowest BCUT2D eigenvalue weighted by atomic mass is 9.92. The smallest absolute Gasteiger partial charge is 0.222 e. The molecule has 0 aliphatic heterocycles. The van der Waals surface area contributed by atoms with Crippen molar-refractivity contribution >= 4 is 5.91 Å². The first-order valence-corrected chi connectivity index (χ1v) is 6.72. The predicted octanol–water partition coefficient (Wildman–Crippen LogP) is 1.71. The second-order valence-electron chi connectivity index (χ2n) is 5.19. The number of amides is 1. The number of aromatic nitrogens is 1. The third kappa shape index (κ3) is 3.35. The van der Waals surface area contributed by atoms with Crippen molar-refractivity contribution in [2.45, 2.75) is 50.7 Å². The highest BCUT2D eigenvalue weighted by Crippen LogP contribution is 2.22. The maximum atomic E-state index is 12.1. The van der Waals surface area contributed by atoms with Gasteiger partial charge in [0.1, 0.15) is 0 Å². The molecule has 1 amide bonds. The summed E-state index contributed by atoms with van der Waals surface area (Å²) in [6.07, 6.45) is 8.50. The molecule has 1 saturated carbocycles. The highest BCUT2D eigenvalue weighted by atomic mass is 16.3. The fraction of sp³-hybridized carbons (Fsp3) is 0.643. The molecule has 18 heavy (non-hydrogen) atoms. The van der Waals surface area contributed by atoms with Crippen LogP contribution in [-0.4, -0.2) is 40.1 Å². The summed E-state index contributed by atoms with van der Waals surface area (Å²) in [5.41, 5.74) is 1.18. The Morgan fingerprint density at radius 1 is 1.44 bits per heavy atom. The molecule has 4 heteroatoms. The summed E-state index contributed by atoms with van der Waals surface area (Å²) in [5.74, 6) is 0.206. The normalized spacial score (nSPS) is 23.9. The van der Waals surface area contributed by atoms with E-state index in [0.717, 1.165) is 32.1 Å². The fourth-order valence-electron chi connectivity index (χ4n) is 2.59. The van der Waals surface area contributed by atoms with E-state index in [2.05, 4.69) is 4.98 Å². The first-order chi connectivity index (χ1) is 8.66. The summed E-state index contributed by atoms with van der Waals surface area (Å²) in [5, 5.41) is 9.47. The fourth-order valence-corrected chi connectivity index (χ4v) is 2.59. The van der Waals surface area contributed by atoms with Crippen LogP contribution in [0.1, 0.15) is 37.7 Å². The van der Waals surface area contributed by atoms with Gasteiger partial charge in [0.25, 0.3) is 0 Å². The van der Waals surface area contributed by atoms with Crippen LogP contribution >= 0.6 is 0 Å². The Labute approximate surface area is 108 Å². The number of hydrogen-bond acceptors (Lipinski definition) is 2. The van der Waals surface area contributed by atoms with Crippen molar-refractivity contribution in [1.82, 2.24) is 9.88 Å². The molecule has 2 rings (SSSR count). The quantitative estimate of drug-likeness (QED) is 0.854. The monoisotopic (exact) mass is 250 g/mol. The number of carbonyl (C=O) groups is 1. The van der Waals surface area contributed by atoms with Gasteiger partial charge in [-0.2, -0.15) is 0 Å². The van der Waals surface area contributed by atoms with Gasteiger partial charge >= 0.3 is 0 Å². The zero-order chi connectivity index (χ0) is 13.0. The molecule has 1 aromatic heterocycles. The van der Waals surface area contributed by atoms with Crippen LogP contribution in [0.25, 0.3) is 0 Å². The van der Waals surface area contributed by atoms with Gasteiger partial charge in [-0.1, -0.05) is 0 Å². The lowest BCUT2D eigenvalue weighted by Gasteiger charge is -2.33. The predicted molar refractivity (Wildman–Crippen MR) is 70.1 cm³/mol. The van der Waals surface area contributed by atoms with Gasteiger partial charge in [-0.25, -0.2) is 0 Å². The molecule has 4 nitrogen and oxygen atoms in total. The highest BCUT2D eigenvalue weighted by molar-refractivity contribution is 5.76. The maximum Gasteiger partial charge on any atom is 0.222 e. The number of rotatable bonds is 4. The minimum Gasteiger partial charge on any atom is -0.393 e. The summed E-state index contributed by atoms with van der Waals surface area (Å²) in [4.78, 5) is 16.9. The molecule has 1 aromatic rings. The molecule has 1 aliphatic rings. The third-order valence-corrected chi connectivity index (χ3v) is 3.90. The largest absolute Gasteiger partial charge is 0.393 e. The molecule has 0 spiro atoms. The van der Waals surface area contributed by atoms with Crippen LogP contribution in [-0.2, 0) is 11.2 Å². The number of nitrogens with zero attached hydrogens (tertiary/aromatic N) is 1. The second-order valence-corrected chi connectivity index (χ2v) is 5.19. The molecule has 2 N–H and O–H groups in total. The Hall–Kier alpha value is -1.29. The van der Waals surface area contributed by atoms with Gasteiger partial charge in [0, 0.05) is 31.9 Å². The van der Waals surface area contributed by atoms with Crippen LogP contribution < -0.4 is 0 Å². The molecule has 0 saturated heterocycles. The van der Waals surface area contributed by atoms with E-state index in [1.807, 2.05) is 30.4 Å². The van der Waals surface area contributed by atoms with E-state index < -0.39 is 0 Å². The summed E-state index contributed by atoms with van der Waals surface area (Å²) >= 11 is 0. The van der Waals surface area contributed by atoms with E-state index in [-0.39, 0.29) is 12.0 Å². The summed E-state index contributed by atoms with van der Waals surface area (Å²) in [7, 11) is 1.89. The van der Waals surface area contributed by atoms with Crippen molar-refractivity contribution in [1.29, 1.82) is 0 Å². The Morgan fingerprint density at radius 2 is 2.17 bits per heavy atom. The van der Waals surface area contributed by atoms with E-state index in [4.69, 9.17) is 0 Å². The van der Waals surface area contributed by atoms with E-state index in [9.17, 15) is 9.90 Å². The van der Waals surface area contributed by atoms with Crippen molar-refractivity contribution in [3.05, 3.63) is 24.0 Å². The SMILES string of the molecule is CN(C(=O)CCc1cc[nH]c1)C1CCC(O)CC1. The number of nitrogens with one attached hydrogen (secondary N) is 1. The zero-order valence-corrected chi connectivity index (χ0v) is 10.9. The number of aromatic amines is 1.